The minimum absolute atomic E-state index is 0. The van der Waals surface area contributed by atoms with E-state index in [1.807, 2.05) is 0 Å². The van der Waals surface area contributed by atoms with Crippen LogP contribution in [-0.4, -0.2) is 17.6 Å². The van der Waals surface area contributed by atoms with Crippen LogP contribution in [0.5, 0.6) is 0 Å². The fourth-order valence-electron chi connectivity index (χ4n) is 6.72. The molecule has 37 heavy (non-hydrogen) atoms. The van der Waals surface area contributed by atoms with E-state index in [0.29, 0.717) is 0 Å². The van der Waals surface area contributed by atoms with Crippen molar-refractivity contribution >= 4 is 29.7 Å². The second-order valence-electron chi connectivity index (χ2n) is 11.0. The number of allylic oxidation sites excluding steroid dienone is 10. The first-order valence-electron chi connectivity index (χ1n) is 13.1. The molecule has 0 nitrogen and oxygen atoms in total. The summed E-state index contributed by atoms with van der Waals surface area (Å²) in [6, 6.07) is 18.6. The Balaban J connectivity index is 0.00000160. The van der Waals surface area contributed by atoms with Crippen LogP contribution >= 0.6 is 0 Å². The third-order valence-corrected chi connectivity index (χ3v) is 17.5. The van der Waals surface area contributed by atoms with Gasteiger partial charge in [0.15, 0.2) is 0 Å². The van der Waals surface area contributed by atoms with Gasteiger partial charge in [0.05, 0.1) is 0 Å². The summed E-state index contributed by atoms with van der Waals surface area (Å²) in [5, 5.41) is 3.43. The van der Waals surface area contributed by atoms with Crippen LogP contribution in [0.1, 0.15) is 35.1 Å². The molecule has 5 heteroatoms. The van der Waals surface area contributed by atoms with Crippen molar-refractivity contribution in [2.45, 2.75) is 45.3 Å². The van der Waals surface area contributed by atoms with Gasteiger partial charge in [-0.3, -0.25) is 0 Å². The molecule has 2 aromatic rings. The Morgan fingerprint density at radius 3 is 1.41 bits per heavy atom. The fourth-order valence-corrected chi connectivity index (χ4v) is 16.6. The summed E-state index contributed by atoms with van der Waals surface area (Å²) in [6.07, 6.45) is 22.4. The van der Waals surface area contributed by atoms with Gasteiger partial charge in [-0.2, -0.15) is 0 Å². The quantitative estimate of drug-likeness (QED) is 0.422. The van der Waals surface area contributed by atoms with Crippen molar-refractivity contribution in [3.8, 4) is 0 Å². The van der Waals surface area contributed by atoms with E-state index in [9.17, 15) is 0 Å². The first-order chi connectivity index (χ1) is 17.0. The number of rotatable bonds is 6. The second kappa shape index (κ2) is 11.1. The van der Waals surface area contributed by atoms with Crippen LogP contribution in [0.4, 0.5) is 0 Å². The molecule has 0 N–H and O–H groups in total. The zero-order chi connectivity index (χ0) is 24.2. The maximum atomic E-state index is 2.66. The maximum Gasteiger partial charge on any atom is -1.00 e. The molecule has 2 unspecified atom stereocenters. The van der Waals surface area contributed by atoms with E-state index in [1.54, 1.807) is 32.7 Å². The van der Waals surface area contributed by atoms with Crippen molar-refractivity contribution in [1.29, 1.82) is 0 Å². The molecule has 6 rings (SSSR count). The molecule has 0 radical (unpaired) electrons. The van der Waals surface area contributed by atoms with Gasteiger partial charge in [-0.15, -0.1) is 0 Å². The Kier molecular flexibility index (Phi) is 8.64. The number of hydrogen-bond acceptors (Lipinski definition) is 0. The molecule has 0 heterocycles. The zero-order valence-electron chi connectivity index (χ0n) is 22.1. The van der Waals surface area contributed by atoms with Gasteiger partial charge in [-0.05, 0) is 0 Å². The molecular formula is C32H34Cl2Si2Zr. The van der Waals surface area contributed by atoms with E-state index in [-0.39, 0.29) is 31.1 Å². The van der Waals surface area contributed by atoms with Gasteiger partial charge in [-0.1, -0.05) is 0 Å². The Bertz CT molecular complexity index is 1290. The summed E-state index contributed by atoms with van der Waals surface area (Å²) in [6.45, 7) is 10.1. The van der Waals surface area contributed by atoms with Crippen molar-refractivity contribution in [3.05, 3.63) is 129 Å². The van der Waals surface area contributed by atoms with E-state index >= 15 is 0 Å². The molecular weight excluding hydrogens is 603 g/mol. The molecule has 2 atom stereocenters. The van der Waals surface area contributed by atoms with E-state index in [4.69, 9.17) is 0 Å². The summed E-state index contributed by atoms with van der Waals surface area (Å²) in [5.41, 5.74) is 9.56. The third kappa shape index (κ3) is 4.53. The van der Waals surface area contributed by atoms with Gasteiger partial charge in [0, 0.05) is 0 Å². The molecule has 0 aromatic heterocycles. The van der Waals surface area contributed by atoms with E-state index < -0.39 is 40.8 Å². The largest absolute Gasteiger partial charge is 1.00 e. The van der Waals surface area contributed by atoms with Crippen LogP contribution in [0.3, 0.4) is 0 Å². The summed E-state index contributed by atoms with van der Waals surface area (Å²) in [4.78, 5) is 0. The van der Waals surface area contributed by atoms with Crippen molar-refractivity contribution in [1.82, 2.24) is 0 Å². The van der Waals surface area contributed by atoms with Crippen LogP contribution in [-0.2, 0) is 29.5 Å². The Morgan fingerprint density at radius 1 is 0.595 bits per heavy atom. The van der Waals surface area contributed by atoms with Crippen LogP contribution in [0.15, 0.2) is 107 Å². The summed E-state index contributed by atoms with van der Waals surface area (Å²) in [7, 11) is -1.87. The Morgan fingerprint density at radius 2 is 1.00 bits per heavy atom. The first kappa shape index (κ1) is 28.8. The summed E-state index contributed by atoms with van der Waals surface area (Å²) < 4.78 is 0.216. The van der Waals surface area contributed by atoms with Crippen molar-refractivity contribution in [2.75, 3.05) is 0 Å². The smallest absolute Gasteiger partial charge is 1.00 e. The number of halogens is 2. The number of hydrogen-bond donors (Lipinski definition) is 0. The minimum Gasteiger partial charge on any atom is -1.00 e. The topological polar surface area (TPSA) is 0 Å². The Labute approximate surface area is 250 Å². The standard InChI is InChI=1S/2C16H17Si.2ClH.Zr/c2*1-17(2)16-9-5-8-15(16)14-11-10-12-6-3-4-7-13(12)14;;;/h2*3-7,9-11,17H,8H2,1-2H3;2*1H;/q;;;;+2/p-2. The molecule has 0 amide bonds. The predicted octanol–water partition coefficient (Wildman–Crippen LogP) is 1.49. The van der Waals surface area contributed by atoms with Crippen LogP contribution in [0, 0.1) is 0 Å². The van der Waals surface area contributed by atoms with Gasteiger partial charge in [0.2, 0.25) is 0 Å². The normalized spacial score (nSPS) is 24.6. The maximum absolute atomic E-state index is 2.66. The van der Waals surface area contributed by atoms with Gasteiger partial charge in [0.1, 0.15) is 0 Å². The van der Waals surface area contributed by atoms with Crippen LogP contribution in [0.2, 0.25) is 26.2 Å². The average molecular weight is 637 g/mol. The van der Waals surface area contributed by atoms with Gasteiger partial charge in [0.25, 0.3) is 0 Å². The van der Waals surface area contributed by atoms with E-state index in [0.717, 1.165) is 12.8 Å². The summed E-state index contributed by atoms with van der Waals surface area (Å²) >= 11 is -1.20. The van der Waals surface area contributed by atoms with Crippen LogP contribution < -0.4 is 24.8 Å². The monoisotopic (exact) mass is 634 g/mol. The minimum atomic E-state index is -1.20. The molecule has 2 aromatic carbocycles. The molecule has 0 saturated carbocycles. The SMILES string of the molecule is C[SiH](C)C1=C([C]2([Zr+2][C]3(C4=C([SiH](C)C)C=CC4)C=Cc4ccccc43)C=Cc3ccccc32)CC=C1.[Cl-].[Cl-]. The van der Waals surface area contributed by atoms with Gasteiger partial charge < -0.3 is 24.8 Å². The first-order valence-corrected chi connectivity index (χ1v) is 21.4. The molecule has 4 aliphatic rings. The zero-order valence-corrected chi connectivity index (χ0v) is 28.3. The molecule has 0 spiro atoms. The van der Waals surface area contributed by atoms with Crippen molar-refractivity contribution in [3.63, 3.8) is 0 Å². The molecule has 0 bridgehead atoms. The molecule has 0 fully saturated rings. The molecule has 0 aliphatic heterocycles. The molecule has 0 saturated heterocycles. The predicted molar refractivity (Wildman–Crippen MR) is 154 cm³/mol. The molecule has 4 aliphatic carbocycles. The molecule has 188 valence electrons. The average Bonchev–Trinajstić information content (AvgIpc) is 3.65. The van der Waals surface area contributed by atoms with Crippen molar-refractivity contribution in [2.24, 2.45) is 0 Å². The third-order valence-electron chi connectivity index (χ3n) is 8.32. The summed E-state index contributed by atoms with van der Waals surface area (Å²) in [5.74, 6) is 0. The van der Waals surface area contributed by atoms with Gasteiger partial charge in [-0.25, -0.2) is 0 Å². The van der Waals surface area contributed by atoms with E-state index in [2.05, 4.69) is 123 Å². The Hall–Kier alpha value is -1.22. The number of fused-ring (bicyclic) bond motifs is 2. The number of benzene rings is 2. The van der Waals surface area contributed by atoms with Gasteiger partial charge >= 0.3 is 227 Å². The van der Waals surface area contributed by atoms with E-state index in [1.165, 1.54) is 11.1 Å². The second-order valence-corrected chi connectivity index (χ2v) is 21.3. The van der Waals surface area contributed by atoms with Crippen molar-refractivity contribution < 1.29 is 48.0 Å². The fraction of sp³-hybridized carbons (Fsp3) is 0.250. The van der Waals surface area contributed by atoms with Crippen LogP contribution in [0.25, 0.3) is 12.2 Å².